The van der Waals surface area contributed by atoms with Crippen LogP contribution in [0.4, 0.5) is 0 Å². The predicted octanol–water partition coefficient (Wildman–Crippen LogP) is 8.06. The minimum absolute atomic E-state index is 0.543. The Balaban J connectivity index is 3.51. The minimum Gasteiger partial charge on any atom is -0.378 e. The first-order valence-electron chi connectivity index (χ1n) is 11.0. The van der Waals surface area contributed by atoms with Crippen molar-refractivity contribution in [3.8, 4) is 0 Å². The zero-order valence-corrected chi connectivity index (χ0v) is 16.7. The Morgan fingerprint density at radius 2 is 0.913 bits per heavy atom. The number of hydrogen-bond donors (Lipinski definition) is 0. The van der Waals surface area contributed by atoms with E-state index in [9.17, 15) is 0 Å². The third-order valence-electron chi connectivity index (χ3n) is 4.86. The van der Waals surface area contributed by atoms with Crippen molar-refractivity contribution in [1.29, 1.82) is 0 Å². The van der Waals surface area contributed by atoms with Gasteiger partial charge in [0.15, 0.2) is 0 Å². The lowest BCUT2D eigenvalue weighted by atomic mass is 10.0. The van der Waals surface area contributed by atoms with Crippen LogP contribution < -0.4 is 0 Å². The Morgan fingerprint density at radius 3 is 1.48 bits per heavy atom. The summed E-state index contributed by atoms with van der Waals surface area (Å²) in [6, 6.07) is 0. The first kappa shape index (κ1) is 23.0. The summed E-state index contributed by atoms with van der Waals surface area (Å²) in [5.74, 6) is 0. The van der Waals surface area contributed by atoms with Gasteiger partial charge in [-0.15, -0.1) is 0 Å². The third-order valence-corrected chi connectivity index (χ3v) is 4.86. The maximum atomic E-state index is 6.20. The highest BCUT2D eigenvalue weighted by Gasteiger charge is 2.08. The molecule has 0 spiro atoms. The number of ether oxygens (including phenoxy) is 1. The molecular formula is C22H46O. The fourth-order valence-corrected chi connectivity index (χ4v) is 3.20. The van der Waals surface area contributed by atoms with Gasteiger partial charge in [-0.2, -0.15) is 0 Å². The van der Waals surface area contributed by atoms with E-state index < -0.39 is 0 Å². The standard InChI is InChI=1S/C22H46O/c1-4-7-10-12-13-14-16-18-21-23-22(19-9-6-3)20-17-15-11-8-5-2/h22H,4-21H2,1-3H3. The van der Waals surface area contributed by atoms with Crippen LogP contribution in [0.3, 0.4) is 0 Å². The Labute approximate surface area is 148 Å². The molecule has 0 radical (unpaired) electrons. The van der Waals surface area contributed by atoms with Gasteiger partial charge in [0.25, 0.3) is 0 Å². The van der Waals surface area contributed by atoms with E-state index in [1.807, 2.05) is 0 Å². The van der Waals surface area contributed by atoms with Gasteiger partial charge in [0.1, 0.15) is 0 Å². The molecule has 1 nitrogen and oxygen atoms in total. The van der Waals surface area contributed by atoms with Crippen molar-refractivity contribution in [1.82, 2.24) is 0 Å². The fraction of sp³-hybridized carbons (Fsp3) is 1.00. The first-order chi connectivity index (χ1) is 11.3. The van der Waals surface area contributed by atoms with E-state index in [1.54, 1.807) is 0 Å². The summed E-state index contributed by atoms with van der Waals surface area (Å²) in [4.78, 5) is 0. The molecule has 0 heterocycles. The summed E-state index contributed by atoms with van der Waals surface area (Å²) in [6.45, 7) is 7.86. The normalized spacial score (nSPS) is 12.7. The van der Waals surface area contributed by atoms with E-state index in [0.717, 1.165) is 6.61 Å². The summed E-state index contributed by atoms with van der Waals surface area (Å²) in [6.07, 6.45) is 23.8. The molecule has 23 heavy (non-hydrogen) atoms. The minimum atomic E-state index is 0.543. The van der Waals surface area contributed by atoms with Crippen molar-refractivity contribution in [2.75, 3.05) is 6.61 Å². The van der Waals surface area contributed by atoms with Crippen LogP contribution in [0.25, 0.3) is 0 Å². The number of rotatable bonds is 19. The van der Waals surface area contributed by atoms with Gasteiger partial charge in [-0.05, 0) is 19.3 Å². The SMILES string of the molecule is CCCCCCCCCCOC(CCCC)CCCCCCC. The van der Waals surface area contributed by atoms with Crippen LogP contribution in [0.2, 0.25) is 0 Å². The lowest BCUT2D eigenvalue weighted by molar-refractivity contribution is 0.0360. The van der Waals surface area contributed by atoms with Gasteiger partial charge in [-0.3, -0.25) is 0 Å². The Hall–Kier alpha value is -0.0400. The van der Waals surface area contributed by atoms with Crippen molar-refractivity contribution < 1.29 is 4.74 Å². The van der Waals surface area contributed by atoms with Crippen LogP contribution in [0.15, 0.2) is 0 Å². The number of hydrogen-bond acceptors (Lipinski definition) is 1. The molecule has 0 aromatic heterocycles. The van der Waals surface area contributed by atoms with Crippen molar-refractivity contribution in [3.63, 3.8) is 0 Å². The van der Waals surface area contributed by atoms with Gasteiger partial charge >= 0.3 is 0 Å². The topological polar surface area (TPSA) is 9.23 Å². The monoisotopic (exact) mass is 326 g/mol. The summed E-state index contributed by atoms with van der Waals surface area (Å²) in [5, 5.41) is 0. The summed E-state index contributed by atoms with van der Waals surface area (Å²) >= 11 is 0. The lowest BCUT2D eigenvalue weighted by Crippen LogP contribution is -2.14. The van der Waals surface area contributed by atoms with Gasteiger partial charge in [0.05, 0.1) is 6.10 Å². The highest BCUT2D eigenvalue weighted by molar-refractivity contribution is 4.59. The molecule has 0 N–H and O–H groups in total. The molecule has 0 aliphatic heterocycles. The molecule has 1 unspecified atom stereocenters. The molecule has 0 aromatic rings. The second kappa shape index (κ2) is 20.0. The maximum absolute atomic E-state index is 6.20. The fourth-order valence-electron chi connectivity index (χ4n) is 3.20. The molecule has 0 saturated carbocycles. The Morgan fingerprint density at radius 1 is 0.478 bits per heavy atom. The summed E-state index contributed by atoms with van der Waals surface area (Å²) < 4.78 is 6.20. The third kappa shape index (κ3) is 18.1. The molecule has 0 bridgehead atoms. The average Bonchev–Trinajstić information content (AvgIpc) is 2.57. The van der Waals surface area contributed by atoms with Crippen LogP contribution in [-0.2, 0) is 4.74 Å². The van der Waals surface area contributed by atoms with Gasteiger partial charge in [0, 0.05) is 6.61 Å². The van der Waals surface area contributed by atoms with E-state index in [-0.39, 0.29) is 0 Å². The molecule has 140 valence electrons. The van der Waals surface area contributed by atoms with Crippen molar-refractivity contribution in [2.24, 2.45) is 0 Å². The van der Waals surface area contributed by atoms with E-state index in [2.05, 4.69) is 20.8 Å². The van der Waals surface area contributed by atoms with Crippen LogP contribution in [-0.4, -0.2) is 12.7 Å². The molecule has 0 aliphatic rings. The van der Waals surface area contributed by atoms with E-state index in [1.165, 1.54) is 109 Å². The molecule has 0 aliphatic carbocycles. The molecule has 1 atom stereocenters. The van der Waals surface area contributed by atoms with Crippen molar-refractivity contribution in [3.05, 3.63) is 0 Å². The van der Waals surface area contributed by atoms with Gasteiger partial charge < -0.3 is 4.74 Å². The average molecular weight is 327 g/mol. The molecule has 0 saturated heterocycles. The molecule has 0 aromatic carbocycles. The van der Waals surface area contributed by atoms with Crippen molar-refractivity contribution in [2.45, 2.75) is 136 Å². The molecule has 1 heteroatoms. The first-order valence-corrected chi connectivity index (χ1v) is 11.0. The van der Waals surface area contributed by atoms with E-state index in [0.29, 0.717) is 6.10 Å². The predicted molar refractivity (Wildman–Crippen MR) is 105 cm³/mol. The molecular weight excluding hydrogens is 280 g/mol. The zero-order chi connectivity index (χ0) is 17.0. The molecule has 0 amide bonds. The van der Waals surface area contributed by atoms with Crippen LogP contribution >= 0.6 is 0 Å². The molecule has 0 rings (SSSR count). The second-order valence-corrected chi connectivity index (χ2v) is 7.31. The largest absolute Gasteiger partial charge is 0.378 e. The van der Waals surface area contributed by atoms with Crippen molar-refractivity contribution >= 4 is 0 Å². The Kier molecular flexibility index (Phi) is 20.0. The van der Waals surface area contributed by atoms with Gasteiger partial charge in [-0.1, -0.05) is 111 Å². The van der Waals surface area contributed by atoms with E-state index in [4.69, 9.17) is 4.74 Å². The summed E-state index contributed by atoms with van der Waals surface area (Å²) in [7, 11) is 0. The second-order valence-electron chi connectivity index (χ2n) is 7.31. The van der Waals surface area contributed by atoms with Gasteiger partial charge in [-0.25, -0.2) is 0 Å². The summed E-state index contributed by atoms with van der Waals surface area (Å²) in [5.41, 5.74) is 0. The smallest absolute Gasteiger partial charge is 0.0575 e. The van der Waals surface area contributed by atoms with Crippen LogP contribution in [0.1, 0.15) is 130 Å². The lowest BCUT2D eigenvalue weighted by Gasteiger charge is -2.18. The van der Waals surface area contributed by atoms with Crippen LogP contribution in [0, 0.1) is 0 Å². The zero-order valence-electron chi connectivity index (χ0n) is 16.7. The van der Waals surface area contributed by atoms with Gasteiger partial charge in [0.2, 0.25) is 0 Å². The van der Waals surface area contributed by atoms with Crippen LogP contribution in [0.5, 0.6) is 0 Å². The highest BCUT2D eigenvalue weighted by atomic mass is 16.5. The molecule has 0 fully saturated rings. The van der Waals surface area contributed by atoms with E-state index >= 15 is 0 Å². The maximum Gasteiger partial charge on any atom is 0.0575 e. The highest BCUT2D eigenvalue weighted by Crippen LogP contribution is 2.16. The Bertz CT molecular complexity index is 202. The quantitative estimate of drug-likeness (QED) is 0.218. The number of unbranched alkanes of at least 4 members (excludes halogenated alkanes) is 12.